The molecule has 2 aromatic carbocycles. The predicted octanol–water partition coefficient (Wildman–Crippen LogP) is 5.92. The van der Waals surface area contributed by atoms with Crippen molar-refractivity contribution >= 4 is 50.0 Å². The van der Waals surface area contributed by atoms with Crippen molar-refractivity contribution < 1.29 is 18.0 Å². The quantitative estimate of drug-likeness (QED) is 0.575. The molecule has 1 heterocycles. The molecular formula is C16H11ClF3N3OS. The van der Waals surface area contributed by atoms with Gasteiger partial charge < -0.3 is 5.32 Å². The van der Waals surface area contributed by atoms with E-state index >= 15 is 0 Å². The van der Waals surface area contributed by atoms with Crippen LogP contribution in [0.2, 0.25) is 5.02 Å². The minimum atomic E-state index is -4.57. The van der Waals surface area contributed by atoms with Crippen LogP contribution < -0.4 is 10.6 Å². The monoisotopic (exact) mass is 385 g/mol. The van der Waals surface area contributed by atoms with Gasteiger partial charge in [-0.15, -0.1) is 0 Å². The van der Waals surface area contributed by atoms with Crippen LogP contribution in [0.4, 0.5) is 28.8 Å². The highest BCUT2D eigenvalue weighted by molar-refractivity contribution is 7.23. The second kappa shape index (κ2) is 6.53. The molecule has 0 saturated carbocycles. The second-order valence-electron chi connectivity index (χ2n) is 5.18. The molecule has 25 heavy (non-hydrogen) atoms. The molecule has 0 fully saturated rings. The highest BCUT2D eigenvalue weighted by atomic mass is 35.5. The van der Waals surface area contributed by atoms with Crippen LogP contribution in [0.1, 0.15) is 11.1 Å². The van der Waals surface area contributed by atoms with Gasteiger partial charge in [0, 0.05) is 0 Å². The van der Waals surface area contributed by atoms with E-state index < -0.39 is 17.8 Å². The van der Waals surface area contributed by atoms with Crippen LogP contribution in [-0.4, -0.2) is 11.0 Å². The van der Waals surface area contributed by atoms with Gasteiger partial charge >= 0.3 is 12.2 Å². The maximum atomic E-state index is 13.0. The van der Waals surface area contributed by atoms with E-state index in [-0.39, 0.29) is 10.8 Å². The standard InChI is InChI=1S/C16H11ClF3N3OS/c1-8-6-7-10(17)13-12(8)22-15(25-13)23-14(24)21-11-5-3-2-4-9(11)16(18,19)20/h2-7H,1H3,(H2,21,22,23,24). The number of aromatic nitrogens is 1. The molecular weight excluding hydrogens is 375 g/mol. The number of para-hydroxylation sites is 1. The molecule has 130 valence electrons. The lowest BCUT2D eigenvalue weighted by molar-refractivity contribution is -0.136. The van der Waals surface area contributed by atoms with Crippen molar-refractivity contribution in [1.29, 1.82) is 0 Å². The van der Waals surface area contributed by atoms with Crippen molar-refractivity contribution in [1.82, 2.24) is 4.98 Å². The fourth-order valence-electron chi connectivity index (χ4n) is 2.25. The van der Waals surface area contributed by atoms with E-state index in [9.17, 15) is 18.0 Å². The third-order valence-electron chi connectivity index (χ3n) is 3.40. The molecule has 0 aliphatic heterocycles. The highest BCUT2D eigenvalue weighted by Gasteiger charge is 2.33. The van der Waals surface area contributed by atoms with Crippen LogP contribution in [0, 0.1) is 6.92 Å². The van der Waals surface area contributed by atoms with E-state index in [2.05, 4.69) is 15.6 Å². The molecule has 0 radical (unpaired) electrons. The summed E-state index contributed by atoms with van der Waals surface area (Å²) in [7, 11) is 0. The van der Waals surface area contributed by atoms with Crippen LogP contribution in [0.15, 0.2) is 36.4 Å². The van der Waals surface area contributed by atoms with Crippen LogP contribution in [0.25, 0.3) is 10.2 Å². The zero-order chi connectivity index (χ0) is 18.2. The van der Waals surface area contributed by atoms with Gasteiger partial charge in [0.05, 0.1) is 26.5 Å². The number of nitrogens with one attached hydrogen (secondary N) is 2. The number of anilines is 2. The maximum absolute atomic E-state index is 13.0. The summed E-state index contributed by atoms with van der Waals surface area (Å²) in [6.45, 7) is 1.85. The smallest absolute Gasteiger partial charge is 0.307 e. The Morgan fingerprint density at radius 1 is 1.16 bits per heavy atom. The number of nitrogens with zero attached hydrogens (tertiary/aromatic N) is 1. The first-order valence-electron chi connectivity index (χ1n) is 7.05. The fourth-order valence-corrected chi connectivity index (χ4v) is 3.46. The number of thiazole rings is 1. The minimum absolute atomic E-state index is 0.244. The van der Waals surface area contributed by atoms with Gasteiger partial charge in [0.15, 0.2) is 5.13 Å². The third kappa shape index (κ3) is 3.69. The van der Waals surface area contributed by atoms with Gasteiger partial charge in [0.1, 0.15) is 0 Å². The zero-order valence-corrected chi connectivity index (χ0v) is 14.3. The van der Waals surface area contributed by atoms with E-state index in [1.165, 1.54) is 18.2 Å². The number of amides is 2. The topological polar surface area (TPSA) is 54.0 Å². The summed E-state index contributed by atoms with van der Waals surface area (Å²) in [5.41, 5.74) is 0.270. The van der Waals surface area contributed by atoms with Gasteiger partial charge in [-0.05, 0) is 30.7 Å². The average Bonchev–Trinajstić information content (AvgIpc) is 2.95. The zero-order valence-electron chi connectivity index (χ0n) is 12.7. The summed E-state index contributed by atoms with van der Waals surface area (Å²) in [5.74, 6) is 0. The first kappa shape index (κ1) is 17.5. The van der Waals surface area contributed by atoms with Gasteiger partial charge in [-0.25, -0.2) is 9.78 Å². The number of halogens is 4. The van der Waals surface area contributed by atoms with Crippen molar-refractivity contribution in [2.45, 2.75) is 13.1 Å². The molecule has 1 aromatic heterocycles. The lowest BCUT2D eigenvalue weighted by Gasteiger charge is -2.13. The molecule has 0 aliphatic rings. The lowest BCUT2D eigenvalue weighted by atomic mass is 10.1. The number of urea groups is 1. The van der Waals surface area contributed by atoms with Crippen molar-refractivity contribution in [3.63, 3.8) is 0 Å². The SMILES string of the molecule is Cc1ccc(Cl)c2sc(NC(=O)Nc3ccccc3C(F)(F)F)nc12. The van der Waals surface area contributed by atoms with Crippen LogP contribution in [0.5, 0.6) is 0 Å². The Morgan fingerprint density at radius 2 is 1.88 bits per heavy atom. The summed E-state index contributed by atoms with van der Waals surface area (Å²) < 4.78 is 39.6. The number of hydrogen-bond acceptors (Lipinski definition) is 3. The number of fused-ring (bicyclic) bond motifs is 1. The fraction of sp³-hybridized carbons (Fsp3) is 0.125. The Balaban J connectivity index is 1.83. The number of aryl methyl sites for hydroxylation is 1. The summed E-state index contributed by atoms with van der Waals surface area (Å²) in [5, 5.41) is 5.39. The first-order valence-corrected chi connectivity index (χ1v) is 8.25. The number of rotatable bonds is 2. The molecule has 0 spiro atoms. The molecule has 2 amide bonds. The maximum Gasteiger partial charge on any atom is 0.418 e. The number of benzene rings is 2. The lowest BCUT2D eigenvalue weighted by Crippen LogP contribution is -2.21. The van der Waals surface area contributed by atoms with E-state index in [0.717, 1.165) is 23.0 Å². The number of carbonyl (C=O) groups is 1. The minimum Gasteiger partial charge on any atom is -0.307 e. The van der Waals surface area contributed by atoms with Crippen LogP contribution in [-0.2, 0) is 6.18 Å². The normalized spacial score (nSPS) is 11.6. The Bertz CT molecular complexity index is 916. The number of hydrogen-bond donors (Lipinski definition) is 2. The van der Waals surface area contributed by atoms with Gasteiger partial charge in [0.2, 0.25) is 0 Å². The van der Waals surface area contributed by atoms with E-state index in [4.69, 9.17) is 11.6 Å². The molecule has 2 N–H and O–H groups in total. The first-order chi connectivity index (χ1) is 11.8. The molecule has 9 heteroatoms. The molecule has 0 aliphatic carbocycles. The summed E-state index contributed by atoms with van der Waals surface area (Å²) in [4.78, 5) is 16.3. The Morgan fingerprint density at radius 3 is 2.56 bits per heavy atom. The Labute approximate surface area is 149 Å². The second-order valence-corrected chi connectivity index (χ2v) is 6.59. The van der Waals surface area contributed by atoms with Gasteiger partial charge in [0.25, 0.3) is 0 Å². The van der Waals surface area contributed by atoms with Crippen LogP contribution in [0.3, 0.4) is 0 Å². The molecule has 3 aromatic rings. The van der Waals surface area contributed by atoms with Crippen molar-refractivity contribution in [3.05, 3.63) is 52.5 Å². The molecule has 3 rings (SSSR count). The summed E-state index contributed by atoms with van der Waals surface area (Å²) in [6, 6.07) is 7.45. The van der Waals surface area contributed by atoms with E-state index in [1.807, 2.05) is 6.92 Å². The van der Waals surface area contributed by atoms with Gasteiger partial charge in [-0.3, -0.25) is 5.32 Å². The summed E-state index contributed by atoms with van der Waals surface area (Å²) in [6.07, 6.45) is -4.57. The molecule has 4 nitrogen and oxygen atoms in total. The average molecular weight is 386 g/mol. The van der Waals surface area contributed by atoms with Crippen LogP contribution >= 0.6 is 22.9 Å². The summed E-state index contributed by atoms with van der Waals surface area (Å²) >= 11 is 7.25. The van der Waals surface area contributed by atoms with Gasteiger partial charge in [-0.1, -0.05) is 41.1 Å². The van der Waals surface area contributed by atoms with Gasteiger partial charge in [-0.2, -0.15) is 13.2 Å². The molecule has 0 saturated heterocycles. The number of alkyl halides is 3. The van der Waals surface area contributed by atoms with Crippen molar-refractivity contribution in [2.75, 3.05) is 10.6 Å². The number of carbonyl (C=O) groups excluding carboxylic acids is 1. The largest absolute Gasteiger partial charge is 0.418 e. The van der Waals surface area contributed by atoms with Crippen molar-refractivity contribution in [3.8, 4) is 0 Å². The van der Waals surface area contributed by atoms with E-state index in [0.29, 0.717) is 15.2 Å². The van der Waals surface area contributed by atoms with E-state index in [1.54, 1.807) is 12.1 Å². The highest BCUT2D eigenvalue weighted by Crippen LogP contribution is 2.35. The Hall–Kier alpha value is -2.32. The third-order valence-corrected chi connectivity index (χ3v) is 4.83. The molecule has 0 atom stereocenters. The van der Waals surface area contributed by atoms with Crippen molar-refractivity contribution in [2.24, 2.45) is 0 Å². The molecule has 0 bridgehead atoms. The Kier molecular flexibility index (Phi) is 4.57. The predicted molar refractivity (Wildman–Crippen MR) is 93.5 cm³/mol. The molecule has 0 unspecified atom stereocenters.